The third-order valence-electron chi connectivity index (χ3n) is 6.45. The average Bonchev–Trinajstić information content (AvgIpc) is 3.44. The number of hydrogen-bond acceptors (Lipinski definition) is 7. The predicted molar refractivity (Wildman–Crippen MR) is 119 cm³/mol. The Balaban J connectivity index is 1.10. The van der Waals surface area contributed by atoms with E-state index in [-0.39, 0.29) is 11.8 Å². The van der Waals surface area contributed by atoms with Crippen molar-refractivity contribution in [3.05, 3.63) is 47.7 Å². The van der Waals surface area contributed by atoms with Gasteiger partial charge in [-0.05, 0) is 44.0 Å². The van der Waals surface area contributed by atoms with E-state index in [1.54, 1.807) is 24.3 Å². The molecule has 162 valence electrons. The number of amides is 2. The lowest BCUT2D eigenvalue weighted by atomic mass is 10.1. The summed E-state index contributed by atoms with van der Waals surface area (Å²) in [4.78, 5) is 42.6. The highest BCUT2D eigenvalue weighted by atomic mass is 16.2. The van der Waals surface area contributed by atoms with Crippen molar-refractivity contribution in [1.82, 2.24) is 19.8 Å². The summed E-state index contributed by atoms with van der Waals surface area (Å²) in [7, 11) is 0. The van der Waals surface area contributed by atoms with Crippen LogP contribution >= 0.6 is 0 Å². The molecule has 4 heterocycles. The van der Waals surface area contributed by atoms with Crippen LogP contribution in [-0.4, -0.2) is 83.9 Å². The molecule has 8 nitrogen and oxygen atoms in total. The van der Waals surface area contributed by atoms with E-state index in [0.717, 1.165) is 64.0 Å². The van der Waals surface area contributed by atoms with Crippen molar-refractivity contribution < 1.29 is 9.59 Å². The fourth-order valence-electron chi connectivity index (χ4n) is 4.68. The van der Waals surface area contributed by atoms with Gasteiger partial charge in [0.1, 0.15) is 5.82 Å². The van der Waals surface area contributed by atoms with E-state index in [0.29, 0.717) is 17.7 Å². The van der Waals surface area contributed by atoms with Gasteiger partial charge in [0, 0.05) is 52.0 Å². The van der Waals surface area contributed by atoms with Crippen LogP contribution < -0.4 is 9.80 Å². The molecule has 2 saturated heterocycles. The maximum absolute atomic E-state index is 12.5. The zero-order chi connectivity index (χ0) is 21.2. The molecule has 0 unspecified atom stereocenters. The van der Waals surface area contributed by atoms with Crippen LogP contribution in [0.5, 0.6) is 0 Å². The molecule has 0 bridgehead atoms. The van der Waals surface area contributed by atoms with Gasteiger partial charge >= 0.3 is 0 Å². The minimum atomic E-state index is -0.166. The summed E-state index contributed by atoms with van der Waals surface area (Å²) in [5, 5.41) is 0. The van der Waals surface area contributed by atoms with Crippen LogP contribution in [0.15, 0.2) is 36.5 Å². The Morgan fingerprint density at radius 2 is 1.45 bits per heavy atom. The monoisotopic (exact) mass is 420 g/mol. The summed E-state index contributed by atoms with van der Waals surface area (Å²) in [5.74, 6) is 1.52. The van der Waals surface area contributed by atoms with Gasteiger partial charge in [0.15, 0.2) is 0 Å². The van der Waals surface area contributed by atoms with Gasteiger partial charge in [0.2, 0.25) is 5.95 Å². The van der Waals surface area contributed by atoms with Gasteiger partial charge in [-0.3, -0.25) is 19.4 Å². The second-order valence-electron chi connectivity index (χ2n) is 8.40. The van der Waals surface area contributed by atoms with Crippen molar-refractivity contribution in [2.45, 2.75) is 19.3 Å². The molecule has 1 aromatic carbocycles. The van der Waals surface area contributed by atoms with Crippen LogP contribution in [0.3, 0.4) is 0 Å². The number of anilines is 2. The second-order valence-corrected chi connectivity index (χ2v) is 8.40. The first-order valence-electron chi connectivity index (χ1n) is 11.2. The highest BCUT2D eigenvalue weighted by Crippen LogP contribution is 2.23. The van der Waals surface area contributed by atoms with E-state index >= 15 is 0 Å². The summed E-state index contributed by atoms with van der Waals surface area (Å²) in [6.45, 7) is 7.13. The molecular weight excluding hydrogens is 392 g/mol. The van der Waals surface area contributed by atoms with Gasteiger partial charge < -0.3 is 9.80 Å². The van der Waals surface area contributed by atoms with E-state index in [1.165, 1.54) is 17.7 Å². The minimum absolute atomic E-state index is 0.166. The molecule has 0 spiro atoms. The number of hydrogen-bond donors (Lipinski definition) is 0. The van der Waals surface area contributed by atoms with E-state index in [1.807, 2.05) is 12.3 Å². The number of aromatic nitrogens is 2. The van der Waals surface area contributed by atoms with E-state index in [4.69, 9.17) is 4.98 Å². The van der Waals surface area contributed by atoms with Crippen LogP contribution in [0.1, 0.15) is 40.0 Å². The normalized spacial score (nSPS) is 19.4. The molecule has 2 aromatic rings. The summed E-state index contributed by atoms with van der Waals surface area (Å²) in [6, 6.07) is 9.07. The summed E-state index contributed by atoms with van der Waals surface area (Å²) < 4.78 is 0. The summed E-state index contributed by atoms with van der Waals surface area (Å²) in [5.41, 5.74) is 1.05. The Bertz CT molecular complexity index is 931. The van der Waals surface area contributed by atoms with Crippen molar-refractivity contribution in [3.8, 4) is 0 Å². The predicted octanol–water partition coefficient (Wildman–Crippen LogP) is 1.89. The molecule has 8 heteroatoms. The first-order chi connectivity index (χ1) is 15.2. The topological polar surface area (TPSA) is 72.9 Å². The molecule has 31 heavy (non-hydrogen) atoms. The third-order valence-corrected chi connectivity index (χ3v) is 6.45. The summed E-state index contributed by atoms with van der Waals surface area (Å²) >= 11 is 0. The molecule has 0 radical (unpaired) electrons. The molecule has 3 aliphatic heterocycles. The van der Waals surface area contributed by atoms with Gasteiger partial charge in [-0.2, -0.15) is 4.98 Å². The highest BCUT2D eigenvalue weighted by molar-refractivity contribution is 6.21. The van der Waals surface area contributed by atoms with Gasteiger partial charge in [-0.25, -0.2) is 4.98 Å². The Hall–Kier alpha value is -3.00. The van der Waals surface area contributed by atoms with Gasteiger partial charge in [-0.1, -0.05) is 12.1 Å². The lowest BCUT2D eigenvalue weighted by molar-refractivity contribution is 0.0647. The maximum atomic E-state index is 12.5. The maximum Gasteiger partial charge on any atom is 0.261 e. The first kappa shape index (κ1) is 19.9. The number of benzene rings is 1. The molecule has 0 saturated carbocycles. The number of carbonyl (C=O) groups excluding carboxylic acids is 2. The lowest BCUT2D eigenvalue weighted by Gasteiger charge is -2.35. The molecule has 3 aliphatic rings. The fourth-order valence-corrected chi connectivity index (χ4v) is 4.68. The fraction of sp³-hybridized carbons (Fsp3) is 0.478. The highest BCUT2D eigenvalue weighted by Gasteiger charge is 2.34. The van der Waals surface area contributed by atoms with Gasteiger partial charge in [0.25, 0.3) is 11.8 Å². The summed E-state index contributed by atoms with van der Waals surface area (Å²) in [6.07, 6.45) is 5.12. The number of carbonyl (C=O) groups is 2. The van der Waals surface area contributed by atoms with Crippen molar-refractivity contribution in [1.29, 1.82) is 0 Å². The number of rotatable bonds is 6. The number of piperazine rings is 1. The van der Waals surface area contributed by atoms with Crippen LogP contribution in [0.4, 0.5) is 11.8 Å². The molecule has 1 aromatic heterocycles. The van der Waals surface area contributed by atoms with E-state index < -0.39 is 0 Å². The third kappa shape index (κ3) is 3.99. The zero-order valence-electron chi connectivity index (χ0n) is 17.7. The molecular formula is C23H28N6O2. The number of nitrogens with zero attached hydrogens (tertiary/aromatic N) is 6. The van der Waals surface area contributed by atoms with E-state index in [2.05, 4.69) is 19.7 Å². The Morgan fingerprint density at radius 3 is 2.13 bits per heavy atom. The standard InChI is InChI=1S/C23H28N6O2/c30-21-18-6-1-2-7-19(18)22(31)29(21)13-5-10-26-14-16-28(17-15-26)23-24-9-8-20(25-23)27-11-3-4-12-27/h1-2,6-9H,3-5,10-17H2. The molecule has 0 aliphatic carbocycles. The second kappa shape index (κ2) is 8.63. The Kier molecular flexibility index (Phi) is 5.55. The van der Waals surface area contributed by atoms with Gasteiger partial charge in [0.05, 0.1) is 11.1 Å². The zero-order valence-corrected chi connectivity index (χ0v) is 17.7. The number of fused-ring (bicyclic) bond motifs is 1. The smallest absolute Gasteiger partial charge is 0.261 e. The average molecular weight is 421 g/mol. The Morgan fingerprint density at radius 1 is 0.774 bits per heavy atom. The van der Waals surface area contributed by atoms with Crippen molar-refractivity contribution in [3.63, 3.8) is 0 Å². The molecule has 0 N–H and O–H groups in total. The number of imide groups is 1. The van der Waals surface area contributed by atoms with Crippen molar-refractivity contribution in [2.24, 2.45) is 0 Å². The van der Waals surface area contributed by atoms with Crippen LogP contribution in [0.25, 0.3) is 0 Å². The Labute approximate surface area is 182 Å². The molecule has 2 amide bonds. The van der Waals surface area contributed by atoms with Crippen molar-refractivity contribution in [2.75, 3.05) is 62.2 Å². The molecule has 2 fully saturated rings. The molecule has 0 atom stereocenters. The quantitative estimate of drug-likeness (QED) is 0.661. The van der Waals surface area contributed by atoms with Gasteiger partial charge in [-0.15, -0.1) is 0 Å². The lowest BCUT2D eigenvalue weighted by Crippen LogP contribution is -2.47. The minimum Gasteiger partial charge on any atom is -0.356 e. The first-order valence-corrected chi connectivity index (χ1v) is 11.2. The largest absolute Gasteiger partial charge is 0.356 e. The molecule has 5 rings (SSSR count). The van der Waals surface area contributed by atoms with E-state index in [9.17, 15) is 9.59 Å². The van der Waals surface area contributed by atoms with Crippen LogP contribution in [0, 0.1) is 0 Å². The SMILES string of the molecule is O=C1c2ccccc2C(=O)N1CCCN1CCN(c2nccc(N3CCCC3)n2)CC1. The van der Waals surface area contributed by atoms with Crippen molar-refractivity contribution >= 4 is 23.6 Å². The van der Waals surface area contributed by atoms with Crippen LogP contribution in [0.2, 0.25) is 0 Å². The van der Waals surface area contributed by atoms with Crippen LogP contribution in [-0.2, 0) is 0 Å².